The second kappa shape index (κ2) is 3.76. The number of hydrogen-bond acceptors (Lipinski definition) is 3. The number of carboxylic acid groups (broad SMARTS) is 1. The van der Waals surface area contributed by atoms with E-state index in [9.17, 15) is 19.3 Å². The number of rotatable bonds is 4. The first-order valence-corrected chi connectivity index (χ1v) is 2.52. The molecule has 58 valence electrons. The number of nitrogens with zero attached hydrogens (tertiary/aromatic N) is 1. The van der Waals surface area contributed by atoms with Gasteiger partial charge >= 0.3 is 5.97 Å². The van der Waals surface area contributed by atoms with E-state index in [1.54, 1.807) is 0 Å². The van der Waals surface area contributed by atoms with Crippen LogP contribution in [0.3, 0.4) is 0 Å². The van der Waals surface area contributed by atoms with Crippen LogP contribution >= 0.6 is 0 Å². The Balaban J connectivity index is 3.49. The number of halogens is 1. The van der Waals surface area contributed by atoms with Gasteiger partial charge in [-0.2, -0.15) is 0 Å². The first-order chi connectivity index (χ1) is 4.54. The Kier molecular flexibility index (Phi) is 3.30. The third-order valence-corrected chi connectivity index (χ3v) is 0.833. The molecule has 10 heavy (non-hydrogen) atoms. The molecule has 0 aromatic rings. The van der Waals surface area contributed by atoms with E-state index in [1.807, 2.05) is 0 Å². The second-order valence-electron chi connectivity index (χ2n) is 1.65. The zero-order valence-electron chi connectivity index (χ0n) is 4.99. The van der Waals surface area contributed by atoms with E-state index in [4.69, 9.17) is 5.11 Å². The molecular weight excluding hydrogens is 145 g/mol. The summed E-state index contributed by atoms with van der Waals surface area (Å²) in [7, 11) is 0. The predicted molar refractivity (Wildman–Crippen MR) is 29.0 cm³/mol. The summed E-state index contributed by atoms with van der Waals surface area (Å²) in [6.45, 7) is -0.645. The van der Waals surface area contributed by atoms with Crippen LogP contribution in [0, 0.1) is 10.1 Å². The standard InChI is InChI=1S/C4H6FNO4/c5-3(4(7)8)1-2-6(9)10/h3H,1-2H2,(H,7,8). The van der Waals surface area contributed by atoms with Crippen molar-refractivity contribution in [2.45, 2.75) is 12.6 Å². The largest absolute Gasteiger partial charge is 0.479 e. The van der Waals surface area contributed by atoms with Crippen LogP contribution in [0.5, 0.6) is 0 Å². The SMILES string of the molecule is O=C(O)C(F)CC[N+](=O)[O-]. The topological polar surface area (TPSA) is 80.4 Å². The lowest BCUT2D eigenvalue weighted by Gasteiger charge is -1.96. The summed E-state index contributed by atoms with van der Waals surface area (Å²) in [5, 5.41) is 17.5. The third kappa shape index (κ3) is 3.76. The van der Waals surface area contributed by atoms with E-state index >= 15 is 0 Å². The molecule has 5 nitrogen and oxygen atoms in total. The normalized spacial score (nSPS) is 12.5. The van der Waals surface area contributed by atoms with Gasteiger partial charge in [-0.25, -0.2) is 9.18 Å². The maximum Gasteiger partial charge on any atom is 0.338 e. The highest BCUT2D eigenvalue weighted by atomic mass is 19.1. The molecular formula is C4H6FNO4. The number of carboxylic acids is 1. The van der Waals surface area contributed by atoms with E-state index in [-0.39, 0.29) is 0 Å². The first kappa shape index (κ1) is 8.80. The molecule has 0 fully saturated rings. The molecule has 6 heteroatoms. The Morgan fingerprint density at radius 1 is 1.80 bits per heavy atom. The van der Waals surface area contributed by atoms with Gasteiger partial charge < -0.3 is 5.11 Å². The quantitative estimate of drug-likeness (QED) is 0.455. The minimum atomic E-state index is -2.12. The Bertz CT molecular complexity index is 148. The molecule has 0 aliphatic carbocycles. The van der Waals surface area contributed by atoms with Gasteiger partial charge in [-0.3, -0.25) is 10.1 Å². The van der Waals surface area contributed by atoms with Crippen LogP contribution in [0.4, 0.5) is 4.39 Å². The third-order valence-electron chi connectivity index (χ3n) is 0.833. The molecule has 0 aliphatic rings. The molecule has 0 saturated carbocycles. The Morgan fingerprint density at radius 2 is 2.30 bits per heavy atom. The van der Waals surface area contributed by atoms with Crippen LogP contribution in [0.15, 0.2) is 0 Å². The van der Waals surface area contributed by atoms with Crippen LogP contribution in [-0.2, 0) is 4.79 Å². The highest BCUT2D eigenvalue weighted by Gasteiger charge is 2.17. The minimum absolute atomic E-state index is 0.567. The van der Waals surface area contributed by atoms with Crippen LogP contribution in [0.2, 0.25) is 0 Å². The summed E-state index contributed by atoms with van der Waals surface area (Å²) in [5.74, 6) is -1.65. The minimum Gasteiger partial charge on any atom is -0.479 e. The highest BCUT2D eigenvalue weighted by Crippen LogP contribution is 1.96. The van der Waals surface area contributed by atoms with E-state index in [1.165, 1.54) is 0 Å². The summed E-state index contributed by atoms with van der Waals surface area (Å²) in [6, 6.07) is 0. The van der Waals surface area contributed by atoms with Crippen molar-refractivity contribution < 1.29 is 19.2 Å². The molecule has 0 saturated heterocycles. The Hall–Kier alpha value is -1.20. The van der Waals surface area contributed by atoms with Gasteiger partial charge in [-0.1, -0.05) is 0 Å². The zero-order chi connectivity index (χ0) is 8.15. The smallest absolute Gasteiger partial charge is 0.338 e. The van der Waals surface area contributed by atoms with E-state index in [2.05, 4.69) is 0 Å². The summed E-state index contributed by atoms with van der Waals surface area (Å²) >= 11 is 0. The Morgan fingerprint density at radius 3 is 2.60 bits per heavy atom. The summed E-state index contributed by atoms with van der Waals surface area (Å²) in [4.78, 5) is 18.5. The van der Waals surface area contributed by atoms with Crippen molar-refractivity contribution in [3.63, 3.8) is 0 Å². The maximum absolute atomic E-state index is 12.0. The number of aliphatic carboxylic acids is 1. The van der Waals surface area contributed by atoms with Crippen molar-refractivity contribution in [2.24, 2.45) is 0 Å². The number of hydrogen-bond donors (Lipinski definition) is 1. The van der Waals surface area contributed by atoms with Crippen LogP contribution in [0.1, 0.15) is 6.42 Å². The van der Waals surface area contributed by atoms with Crippen molar-refractivity contribution in [3.8, 4) is 0 Å². The van der Waals surface area contributed by atoms with Gasteiger partial charge in [0.15, 0.2) is 0 Å². The summed E-state index contributed by atoms with van der Waals surface area (Å²) < 4.78 is 12.0. The maximum atomic E-state index is 12.0. The van der Waals surface area contributed by atoms with E-state index in [0.717, 1.165) is 0 Å². The number of alkyl halides is 1. The van der Waals surface area contributed by atoms with Crippen molar-refractivity contribution in [1.29, 1.82) is 0 Å². The van der Waals surface area contributed by atoms with Crippen molar-refractivity contribution in [3.05, 3.63) is 10.1 Å². The first-order valence-electron chi connectivity index (χ1n) is 2.52. The molecule has 0 rings (SSSR count). The molecule has 1 N–H and O–H groups in total. The second-order valence-corrected chi connectivity index (χ2v) is 1.65. The average molecular weight is 151 g/mol. The fraction of sp³-hybridized carbons (Fsp3) is 0.750. The van der Waals surface area contributed by atoms with Crippen LogP contribution in [-0.4, -0.2) is 28.7 Å². The average Bonchev–Trinajstić information content (AvgIpc) is 1.82. The zero-order valence-corrected chi connectivity index (χ0v) is 4.99. The van der Waals surface area contributed by atoms with Crippen LogP contribution in [0.25, 0.3) is 0 Å². The molecule has 0 spiro atoms. The van der Waals surface area contributed by atoms with Gasteiger partial charge in [-0.15, -0.1) is 0 Å². The summed E-state index contributed by atoms with van der Waals surface area (Å²) in [5.41, 5.74) is 0. The van der Waals surface area contributed by atoms with Gasteiger partial charge in [0.2, 0.25) is 12.7 Å². The van der Waals surface area contributed by atoms with E-state index < -0.39 is 30.0 Å². The van der Waals surface area contributed by atoms with E-state index in [0.29, 0.717) is 0 Å². The predicted octanol–water partition coefficient (Wildman–Crippen LogP) is 0.0759. The van der Waals surface area contributed by atoms with Crippen molar-refractivity contribution in [2.75, 3.05) is 6.54 Å². The number of carbonyl (C=O) groups is 1. The fourth-order valence-electron chi connectivity index (χ4n) is 0.342. The Labute approximate surface area is 55.6 Å². The monoisotopic (exact) mass is 151 g/mol. The highest BCUT2D eigenvalue weighted by molar-refractivity contribution is 5.71. The molecule has 0 radical (unpaired) electrons. The fourth-order valence-corrected chi connectivity index (χ4v) is 0.342. The van der Waals surface area contributed by atoms with Gasteiger partial charge in [0.25, 0.3) is 0 Å². The van der Waals surface area contributed by atoms with Crippen molar-refractivity contribution in [1.82, 2.24) is 0 Å². The molecule has 0 aliphatic heterocycles. The molecule has 0 aromatic carbocycles. The lowest BCUT2D eigenvalue weighted by Crippen LogP contribution is -2.18. The lowest BCUT2D eigenvalue weighted by molar-refractivity contribution is -0.481. The molecule has 1 unspecified atom stereocenters. The summed E-state index contributed by atoms with van der Waals surface area (Å²) in [6.07, 6.45) is -2.69. The molecule has 0 heterocycles. The van der Waals surface area contributed by atoms with Gasteiger partial charge in [0.05, 0.1) is 6.42 Å². The van der Waals surface area contributed by atoms with Crippen molar-refractivity contribution >= 4 is 5.97 Å². The molecule has 0 aromatic heterocycles. The molecule has 0 amide bonds. The van der Waals surface area contributed by atoms with Gasteiger partial charge in [0.1, 0.15) is 0 Å². The lowest BCUT2D eigenvalue weighted by atomic mass is 10.3. The van der Waals surface area contributed by atoms with Gasteiger partial charge in [0, 0.05) is 4.92 Å². The molecule has 1 atom stereocenters. The van der Waals surface area contributed by atoms with Gasteiger partial charge in [-0.05, 0) is 0 Å². The number of nitro groups is 1. The van der Waals surface area contributed by atoms with Crippen LogP contribution < -0.4 is 0 Å². The molecule has 0 bridgehead atoms.